The zero-order chi connectivity index (χ0) is 25.8. The Hall–Kier alpha value is -3.52. The van der Waals surface area contributed by atoms with Crippen LogP contribution in [0.15, 0.2) is 60.7 Å². The lowest BCUT2D eigenvalue weighted by molar-refractivity contribution is -0.140. The van der Waals surface area contributed by atoms with Gasteiger partial charge in [0.2, 0.25) is 0 Å². The largest absolute Gasteiger partial charge is 0.494 e. The number of carbonyl (C=O) groups excluding carboxylic acids is 2. The fourth-order valence-corrected chi connectivity index (χ4v) is 3.41. The first-order valence-corrected chi connectivity index (χ1v) is 13.0. The van der Waals surface area contributed by atoms with Crippen molar-refractivity contribution in [2.24, 2.45) is 0 Å². The summed E-state index contributed by atoms with van der Waals surface area (Å²) in [6.45, 7) is 5.17. The molecule has 5 heteroatoms. The summed E-state index contributed by atoms with van der Waals surface area (Å²) < 4.78 is 15.6. The van der Waals surface area contributed by atoms with Crippen molar-refractivity contribution in [3.8, 4) is 17.6 Å². The van der Waals surface area contributed by atoms with Crippen LogP contribution < -0.4 is 4.74 Å². The van der Waals surface area contributed by atoms with Gasteiger partial charge in [0.05, 0.1) is 19.8 Å². The summed E-state index contributed by atoms with van der Waals surface area (Å²) in [7, 11) is 0. The molecule has 192 valence electrons. The second-order valence-corrected chi connectivity index (χ2v) is 8.44. The zero-order valence-corrected chi connectivity index (χ0v) is 21.6. The van der Waals surface area contributed by atoms with E-state index in [0.29, 0.717) is 13.2 Å². The third kappa shape index (κ3) is 12.8. The Morgan fingerprint density at radius 2 is 1.28 bits per heavy atom. The summed E-state index contributed by atoms with van der Waals surface area (Å²) in [6, 6.07) is 16.4. The number of unbranched alkanes of at least 4 members (excludes halogenated alkanes) is 5. The highest BCUT2D eigenvalue weighted by Crippen LogP contribution is 2.13. The first kappa shape index (κ1) is 28.7. The van der Waals surface area contributed by atoms with Crippen molar-refractivity contribution in [2.75, 3.05) is 19.8 Å². The Labute approximate surface area is 215 Å². The van der Waals surface area contributed by atoms with Gasteiger partial charge in [-0.1, -0.05) is 43.7 Å². The first-order valence-electron chi connectivity index (χ1n) is 13.0. The topological polar surface area (TPSA) is 61.8 Å². The summed E-state index contributed by atoms with van der Waals surface area (Å²) in [4.78, 5) is 22.6. The average Bonchev–Trinajstić information content (AvgIpc) is 2.89. The maximum Gasteiger partial charge on any atom is 0.331 e. The quantitative estimate of drug-likeness (QED) is 0.125. The smallest absolute Gasteiger partial charge is 0.331 e. The molecule has 0 aliphatic rings. The van der Waals surface area contributed by atoms with Crippen LogP contribution >= 0.6 is 0 Å². The summed E-state index contributed by atoms with van der Waals surface area (Å²) in [5, 5.41) is 0. The number of benzene rings is 2. The first-order chi connectivity index (χ1) is 17.6. The van der Waals surface area contributed by atoms with E-state index >= 15 is 0 Å². The van der Waals surface area contributed by atoms with E-state index in [-0.39, 0.29) is 6.61 Å². The minimum absolute atomic E-state index is 0.274. The van der Waals surface area contributed by atoms with E-state index in [1.54, 1.807) is 6.92 Å². The van der Waals surface area contributed by atoms with Gasteiger partial charge in [0.25, 0.3) is 0 Å². The predicted octanol–water partition coefficient (Wildman–Crippen LogP) is 6.42. The third-order valence-electron chi connectivity index (χ3n) is 5.42. The second-order valence-electron chi connectivity index (χ2n) is 8.44. The molecule has 2 aromatic rings. The van der Waals surface area contributed by atoms with Crippen molar-refractivity contribution >= 4 is 11.9 Å². The Kier molecular flexibility index (Phi) is 14.2. The van der Waals surface area contributed by atoms with E-state index < -0.39 is 11.9 Å². The van der Waals surface area contributed by atoms with E-state index in [9.17, 15) is 9.59 Å². The normalized spacial score (nSPS) is 10.5. The molecule has 0 aromatic heterocycles. The Morgan fingerprint density at radius 1 is 0.694 bits per heavy atom. The molecule has 0 amide bonds. The lowest BCUT2D eigenvalue weighted by atomic mass is 10.1. The van der Waals surface area contributed by atoms with Crippen LogP contribution in [-0.4, -0.2) is 31.8 Å². The van der Waals surface area contributed by atoms with E-state index in [1.165, 1.54) is 24.8 Å². The molecule has 5 nitrogen and oxygen atoms in total. The van der Waals surface area contributed by atoms with Crippen molar-refractivity contribution < 1.29 is 23.8 Å². The molecule has 0 N–H and O–H groups in total. The van der Waals surface area contributed by atoms with Gasteiger partial charge in [-0.3, -0.25) is 0 Å². The Balaban J connectivity index is 1.58. The highest BCUT2D eigenvalue weighted by Gasteiger charge is 2.01. The van der Waals surface area contributed by atoms with Crippen molar-refractivity contribution in [3.63, 3.8) is 0 Å². The summed E-state index contributed by atoms with van der Waals surface area (Å²) >= 11 is 0. The van der Waals surface area contributed by atoms with Gasteiger partial charge in [0.1, 0.15) is 5.75 Å². The van der Waals surface area contributed by atoms with Crippen LogP contribution in [0.25, 0.3) is 0 Å². The molecule has 0 aliphatic heterocycles. The summed E-state index contributed by atoms with van der Waals surface area (Å²) in [5.74, 6) is 6.20. The second kappa shape index (κ2) is 17.8. The maximum atomic E-state index is 11.5. The number of esters is 2. The van der Waals surface area contributed by atoms with E-state index in [4.69, 9.17) is 14.2 Å². The predicted molar refractivity (Wildman–Crippen MR) is 143 cm³/mol. The van der Waals surface area contributed by atoms with Gasteiger partial charge in [-0.05, 0) is 87.4 Å². The van der Waals surface area contributed by atoms with Gasteiger partial charge in [-0.15, -0.1) is 0 Å². The number of carbonyl (C=O) groups is 2. The fourth-order valence-electron chi connectivity index (χ4n) is 3.41. The number of rotatable bonds is 15. The molecule has 0 radical (unpaired) electrons. The van der Waals surface area contributed by atoms with Crippen molar-refractivity contribution in [1.82, 2.24) is 0 Å². The van der Waals surface area contributed by atoms with Gasteiger partial charge in [-0.25, -0.2) is 9.59 Å². The van der Waals surface area contributed by atoms with E-state index in [2.05, 4.69) is 43.0 Å². The number of ether oxygens (including phenoxy) is 3. The van der Waals surface area contributed by atoms with Crippen LogP contribution in [0.3, 0.4) is 0 Å². The van der Waals surface area contributed by atoms with Crippen molar-refractivity contribution in [2.45, 2.75) is 65.2 Å². The molecule has 0 saturated heterocycles. The van der Waals surface area contributed by atoms with E-state index in [0.717, 1.165) is 61.1 Å². The van der Waals surface area contributed by atoms with Gasteiger partial charge in [0, 0.05) is 23.3 Å². The van der Waals surface area contributed by atoms with Gasteiger partial charge in [0.15, 0.2) is 0 Å². The van der Waals surface area contributed by atoms with Crippen LogP contribution in [0, 0.1) is 11.8 Å². The molecular weight excluding hydrogens is 452 g/mol. The number of hydrogen-bond donors (Lipinski definition) is 0. The molecule has 2 aromatic carbocycles. The Morgan fingerprint density at radius 3 is 1.89 bits per heavy atom. The van der Waals surface area contributed by atoms with Gasteiger partial charge >= 0.3 is 11.9 Å². The maximum absolute atomic E-state index is 11.5. The summed E-state index contributed by atoms with van der Waals surface area (Å²) in [5.41, 5.74) is 3.36. The molecule has 0 heterocycles. The monoisotopic (exact) mass is 490 g/mol. The molecule has 0 aliphatic carbocycles. The minimum atomic E-state index is -0.546. The highest BCUT2D eigenvalue weighted by molar-refractivity contribution is 5.91. The molecule has 0 spiro atoms. The Bertz CT molecular complexity index is 994. The zero-order valence-electron chi connectivity index (χ0n) is 21.6. The molecule has 0 bridgehead atoms. The van der Waals surface area contributed by atoms with Crippen molar-refractivity contribution in [3.05, 3.63) is 77.4 Å². The number of hydrogen-bond acceptors (Lipinski definition) is 5. The third-order valence-corrected chi connectivity index (χ3v) is 5.42. The van der Waals surface area contributed by atoms with Crippen LogP contribution in [-0.2, 0) is 25.5 Å². The molecular formula is C31H38O5. The van der Waals surface area contributed by atoms with Crippen LogP contribution in [0.5, 0.6) is 5.75 Å². The van der Waals surface area contributed by atoms with Crippen molar-refractivity contribution in [1.29, 1.82) is 0 Å². The standard InChI is InChI=1S/C31H38O5/c1-3-5-8-11-26-12-14-27(15-13-26)16-17-28-18-20-29(21-19-28)35-24-9-6-7-10-25-36-31(33)23-22-30(32)34-4-2/h12-15,18-23H,3-11,24-25H2,1-2H3/b23-22+. The van der Waals surface area contributed by atoms with Gasteiger partial charge < -0.3 is 14.2 Å². The number of aryl methyl sites for hydroxylation is 1. The lowest BCUT2D eigenvalue weighted by Crippen LogP contribution is -2.05. The molecule has 0 fully saturated rings. The molecule has 0 saturated carbocycles. The molecule has 0 atom stereocenters. The highest BCUT2D eigenvalue weighted by atomic mass is 16.5. The van der Waals surface area contributed by atoms with Crippen LogP contribution in [0.4, 0.5) is 0 Å². The van der Waals surface area contributed by atoms with Crippen LogP contribution in [0.1, 0.15) is 75.5 Å². The average molecular weight is 491 g/mol. The molecule has 2 rings (SSSR count). The van der Waals surface area contributed by atoms with E-state index in [1.807, 2.05) is 24.3 Å². The fraction of sp³-hybridized carbons (Fsp3) is 0.419. The van der Waals surface area contributed by atoms with Crippen LogP contribution in [0.2, 0.25) is 0 Å². The minimum Gasteiger partial charge on any atom is -0.494 e. The SMILES string of the molecule is CCCCCc1ccc(C#Cc2ccc(OCCCCCCOC(=O)/C=C/C(=O)OCC)cc2)cc1. The summed E-state index contributed by atoms with van der Waals surface area (Å²) in [6.07, 6.45) is 10.7. The molecule has 36 heavy (non-hydrogen) atoms. The molecule has 0 unspecified atom stereocenters. The van der Waals surface area contributed by atoms with Gasteiger partial charge in [-0.2, -0.15) is 0 Å². The lowest BCUT2D eigenvalue weighted by Gasteiger charge is -2.06.